The van der Waals surface area contributed by atoms with Gasteiger partial charge in [-0.2, -0.15) is 0 Å². The molecule has 3 aromatic carbocycles. The lowest BCUT2D eigenvalue weighted by atomic mass is 10.1. The van der Waals surface area contributed by atoms with E-state index in [2.05, 4.69) is 30.5 Å². The second-order valence-corrected chi connectivity index (χ2v) is 9.28. The number of hydrogen-bond acceptors (Lipinski definition) is 9. The highest BCUT2D eigenvalue weighted by Gasteiger charge is 2.37. The van der Waals surface area contributed by atoms with Crippen LogP contribution in [0.4, 0.5) is 22.1 Å². The SMILES string of the molecule is CNc1nccc(-c2cc3cc(C(=O)N[C@@H](CN(c4ccccc4)c4ccccc4)C4OOC(=O)O4)ccc3[nH]2)n1. The van der Waals surface area contributed by atoms with E-state index in [1.165, 1.54) is 0 Å². The molecular weight excluding hydrogens is 524 g/mol. The Labute approximate surface area is 235 Å². The number of fused-ring (bicyclic) bond motifs is 1. The average Bonchev–Trinajstić information content (AvgIpc) is 3.66. The number of carbonyl (C=O) groups excluding carboxylic acids is 2. The number of benzene rings is 3. The maximum Gasteiger partial charge on any atom is 0.543 e. The fourth-order valence-electron chi connectivity index (χ4n) is 4.63. The molecule has 5 aromatic rings. The number of cyclic esters (lactones) is 1. The molecule has 1 unspecified atom stereocenters. The Hall–Kier alpha value is -5.42. The molecule has 41 heavy (non-hydrogen) atoms. The summed E-state index contributed by atoms with van der Waals surface area (Å²) < 4.78 is 5.23. The van der Waals surface area contributed by atoms with Gasteiger partial charge in [0, 0.05) is 47.6 Å². The third-order valence-electron chi connectivity index (χ3n) is 6.62. The zero-order chi connectivity index (χ0) is 28.2. The van der Waals surface area contributed by atoms with Crippen molar-refractivity contribution >= 4 is 40.3 Å². The van der Waals surface area contributed by atoms with Crippen LogP contribution in [0.3, 0.4) is 0 Å². The fourth-order valence-corrected chi connectivity index (χ4v) is 4.63. The van der Waals surface area contributed by atoms with Crippen LogP contribution in [-0.4, -0.2) is 52.9 Å². The number of para-hydroxylation sites is 2. The molecule has 1 aliphatic rings. The van der Waals surface area contributed by atoms with E-state index in [1.807, 2.05) is 77.7 Å². The van der Waals surface area contributed by atoms with E-state index < -0.39 is 18.5 Å². The Balaban J connectivity index is 1.28. The van der Waals surface area contributed by atoms with Crippen LogP contribution in [0.2, 0.25) is 0 Å². The Kier molecular flexibility index (Phi) is 7.16. The van der Waals surface area contributed by atoms with Crippen molar-refractivity contribution in [3.05, 3.63) is 103 Å². The number of ether oxygens (including phenoxy) is 1. The molecule has 1 amide bonds. The van der Waals surface area contributed by atoms with Gasteiger partial charge in [0.05, 0.1) is 11.4 Å². The predicted molar refractivity (Wildman–Crippen MR) is 152 cm³/mol. The number of rotatable bonds is 9. The zero-order valence-electron chi connectivity index (χ0n) is 22.0. The zero-order valence-corrected chi connectivity index (χ0v) is 22.0. The van der Waals surface area contributed by atoms with Crippen LogP contribution in [0.15, 0.2) is 97.2 Å². The molecule has 0 saturated carbocycles. The number of nitrogens with zero attached hydrogens (tertiary/aromatic N) is 3. The van der Waals surface area contributed by atoms with E-state index in [-0.39, 0.29) is 12.5 Å². The van der Waals surface area contributed by atoms with Crippen molar-refractivity contribution in [1.82, 2.24) is 20.3 Å². The quantitative estimate of drug-likeness (QED) is 0.171. The summed E-state index contributed by atoms with van der Waals surface area (Å²) in [5.41, 5.74) is 4.54. The molecule has 1 fully saturated rings. The van der Waals surface area contributed by atoms with Gasteiger partial charge in [-0.05, 0) is 54.6 Å². The Morgan fingerprint density at radius 1 is 1.00 bits per heavy atom. The molecule has 0 radical (unpaired) electrons. The van der Waals surface area contributed by atoms with Crippen molar-refractivity contribution in [2.45, 2.75) is 12.3 Å². The number of aromatic amines is 1. The molecule has 3 N–H and O–H groups in total. The molecule has 3 heterocycles. The molecule has 0 spiro atoms. The monoisotopic (exact) mass is 550 g/mol. The van der Waals surface area contributed by atoms with Crippen molar-refractivity contribution < 1.29 is 24.1 Å². The Bertz CT molecular complexity index is 1640. The summed E-state index contributed by atoms with van der Waals surface area (Å²) in [6.07, 6.45) is -0.440. The lowest BCUT2D eigenvalue weighted by Gasteiger charge is -2.31. The molecule has 11 nitrogen and oxygen atoms in total. The molecule has 2 atom stereocenters. The Morgan fingerprint density at radius 3 is 2.39 bits per heavy atom. The van der Waals surface area contributed by atoms with Crippen molar-refractivity contribution in [1.29, 1.82) is 0 Å². The first-order valence-corrected chi connectivity index (χ1v) is 12.9. The third kappa shape index (κ3) is 5.65. The summed E-state index contributed by atoms with van der Waals surface area (Å²) in [5, 5.41) is 6.74. The van der Waals surface area contributed by atoms with Gasteiger partial charge in [-0.25, -0.2) is 14.8 Å². The summed E-state index contributed by atoms with van der Waals surface area (Å²) in [6.45, 7) is 0.221. The first-order valence-electron chi connectivity index (χ1n) is 12.9. The molecular formula is C30H26N6O5. The van der Waals surface area contributed by atoms with Gasteiger partial charge < -0.3 is 25.3 Å². The molecule has 11 heteroatoms. The van der Waals surface area contributed by atoms with Gasteiger partial charge in [-0.15, -0.1) is 4.89 Å². The van der Waals surface area contributed by atoms with Crippen LogP contribution < -0.4 is 15.5 Å². The van der Waals surface area contributed by atoms with Gasteiger partial charge in [-0.1, -0.05) is 36.4 Å². The minimum absolute atomic E-state index is 0.221. The van der Waals surface area contributed by atoms with E-state index in [0.29, 0.717) is 17.2 Å². The number of aromatic nitrogens is 3. The number of anilines is 3. The normalized spacial score (nSPS) is 15.1. The third-order valence-corrected chi connectivity index (χ3v) is 6.62. The maximum atomic E-state index is 13.5. The number of H-pyrrole nitrogens is 1. The topological polar surface area (TPSA) is 131 Å². The van der Waals surface area contributed by atoms with E-state index in [1.54, 1.807) is 31.4 Å². The van der Waals surface area contributed by atoms with Crippen molar-refractivity contribution in [3.8, 4) is 11.4 Å². The van der Waals surface area contributed by atoms with E-state index >= 15 is 0 Å². The molecule has 1 saturated heterocycles. The van der Waals surface area contributed by atoms with E-state index in [4.69, 9.17) is 9.62 Å². The lowest BCUT2D eigenvalue weighted by molar-refractivity contribution is -0.259. The first kappa shape index (κ1) is 25.8. The van der Waals surface area contributed by atoms with Crippen LogP contribution in [-0.2, 0) is 14.5 Å². The van der Waals surface area contributed by atoms with Crippen molar-refractivity contribution in [2.24, 2.45) is 0 Å². The number of hydrogen-bond donors (Lipinski definition) is 3. The standard InChI is InChI=1S/C30H26N6O5/c1-31-29-32-15-14-24(35-29)25-17-20-16-19(12-13-23(20)33-25)27(37)34-26(28-39-30(38)41-40-28)18-36(21-8-4-2-5-9-21)22-10-6-3-7-11-22/h2-17,26,28,33H,18H2,1H3,(H,34,37)(H,31,32,35)/t26-,28?/m0/s1. The number of carbonyl (C=O) groups is 2. The largest absolute Gasteiger partial charge is 0.543 e. The van der Waals surface area contributed by atoms with Crippen LogP contribution in [0.1, 0.15) is 10.4 Å². The van der Waals surface area contributed by atoms with Crippen LogP contribution >= 0.6 is 0 Å². The highest BCUT2D eigenvalue weighted by molar-refractivity contribution is 5.99. The molecule has 6 rings (SSSR count). The lowest BCUT2D eigenvalue weighted by Crippen LogP contribution is -2.50. The van der Waals surface area contributed by atoms with Gasteiger partial charge in [0.15, 0.2) is 0 Å². The summed E-state index contributed by atoms with van der Waals surface area (Å²) in [7, 11) is 1.76. The van der Waals surface area contributed by atoms with Gasteiger partial charge in [0.1, 0.15) is 6.04 Å². The second kappa shape index (κ2) is 11.4. The van der Waals surface area contributed by atoms with Crippen molar-refractivity contribution in [3.63, 3.8) is 0 Å². The van der Waals surface area contributed by atoms with E-state index in [9.17, 15) is 9.59 Å². The summed E-state index contributed by atoms with van der Waals surface area (Å²) >= 11 is 0. The molecule has 206 valence electrons. The van der Waals surface area contributed by atoms with Crippen molar-refractivity contribution in [2.75, 3.05) is 23.8 Å². The minimum Gasteiger partial charge on any atom is -0.396 e. The van der Waals surface area contributed by atoms with Gasteiger partial charge in [-0.3, -0.25) is 9.68 Å². The number of nitrogens with one attached hydrogen (secondary N) is 3. The Morgan fingerprint density at radius 2 is 1.73 bits per heavy atom. The van der Waals surface area contributed by atoms with Crippen LogP contribution in [0.5, 0.6) is 0 Å². The number of amides is 1. The maximum absolute atomic E-state index is 13.5. The second-order valence-electron chi connectivity index (χ2n) is 9.28. The molecule has 0 aliphatic carbocycles. The summed E-state index contributed by atoms with van der Waals surface area (Å²) in [6, 6.07) is 27.7. The summed E-state index contributed by atoms with van der Waals surface area (Å²) in [5.74, 6) is 0.137. The van der Waals surface area contributed by atoms with E-state index in [0.717, 1.165) is 28.0 Å². The molecule has 2 aromatic heterocycles. The summed E-state index contributed by atoms with van der Waals surface area (Å²) in [4.78, 5) is 49.0. The van der Waals surface area contributed by atoms with Gasteiger partial charge >= 0.3 is 6.16 Å². The van der Waals surface area contributed by atoms with Crippen LogP contribution in [0, 0.1) is 0 Å². The molecule has 1 aliphatic heterocycles. The highest BCUT2D eigenvalue weighted by atomic mass is 17.3. The smallest absolute Gasteiger partial charge is 0.396 e. The minimum atomic E-state index is -1.15. The average molecular weight is 551 g/mol. The highest BCUT2D eigenvalue weighted by Crippen LogP contribution is 2.28. The van der Waals surface area contributed by atoms with Crippen LogP contribution in [0.25, 0.3) is 22.3 Å². The predicted octanol–water partition coefficient (Wildman–Crippen LogP) is 5.03. The fraction of sp³-hybridized carbons (Fsp3) is 0.133. The van der Waals surface area contributed by atoms with Gasteiger partial charge in [0.25, 0.3) is 12.2 Å². The molecule has 0 bridgehead atoms. The first-order chi connectivity index (χ1) is 20.1. The van der Waals surface area contributed by atoms with Gasteiger partial charge in [0.2, 0.25) is 5.95 Å².